The zero-order chi connectivity index (χ0) is 15.4. The number of anilines is 1. The summed E-state index contributed by atoms with van der Waals surface area (Å²) >= 11 is 0. The van der Waals surface area contributed by atoms with Gasteiger partial charge in [-0.2, -0.15) is 5.10 Å². The summed E-state index contributed by atoms with van der Waals surface area (Å²) in [7, 11) is 1.57. The van der Waals surface area contributed by atoms with Crippen LogP contribution >= 0.6 is 0 Å². The molecule has 1 aliphatic heterocycles. The second-order valence-electron chi connectivity index (χ2n) is 5.22. The van der Waals surface area contributed by atoms with Gasteiger partial charge in [0, 0.05) is 25.0 Å². The number of methoxy groups -OCH3 is 1. The van der Waals surface area contributed by atoms with Crippen LogP contribution in [0.2, 0.25) is 0 Å². The molecule has 0 spiro atoms. The smallest absolute Gasteiger partial charge is 0.277 e. The van der Waals surface area contributed by atoms with Crippen LogP contribution in [0.1, 0.15) is 29.4 Å². The molecule has 1 amide bonds. The highest BCUT2D eigenvalue weighted by molar-refractivity contribution is 6.02. The van der Waals surface area contributed by atoms with Gasteiger partial charge in [-0.25, -0.2) is 4.98 Å². The van der Waals surface area contributed by atoms with Crippen molar-refractivity contribution in [2.24, 2.45) is 0 Å². The Morgan fingerprint density at radius 2 is 2.41 bits per heavy atom. The van der Waals surface area contributed by atoms with Crippen molar-refractivity contribution < 1.29 is 9.53 Å². The van der Waals surface area contributed by atoms with Crippen LogP contribution in [0.25, 0.3) is 0 Å². The Hall–Kier alpha value is -2.41. The average molecular weight is 301 g/mol. The predicted octanol–water partition coefficient (Wildman–Crippen LogP) is 1.46. The fourth-order valence-corrected chi connectivity index (χ4v) is 2.51. The predicted molar refractivity (Wildman–Crippen MR) is 82.1 cm³/mol. The number of ether oxygens (including phenoxy) is 1. The van der Waals surface area contributed by atoms with Gasteiger partial charge in [-0.15, -0.1) is 0 Å². The Morgan fingerprint density at radius 1 is 1.50 bits per heavy atom. The number of piperidine rings is 1. The lowest BCUT2D eigenvalue weighted by molar-refractivity contribution is 0.102. The molecule has 0 bridgehead atoms. The van der Waals surface area contributed by atoms with Crippen molar-refractivity contribution in [1.29, 1.82) is 0 Å². The maximum Gasteiger partial charge on any atom is 0.277 e. The largest absolute Gasteiger partial charge is 0.497 e. The van der Waals surface area contributed by atoms with Gasteiger partial charge in [0.2, 0.25) is 0 Å². The first-order valence-corrected chi connectivity index (χ1v) is 7.33. The van der Waals surface area contributed by atoms with Gasteiger partial charge in [-0.1, -0.05) is 0 Å². The molecule has 1 atom stereocenters. The number of carbonyl (C=O) groups is 1. The van der Waals surface area contributed by atoms with Crippen LogP contribution in [0.5, 0.6) is 5.75 Å². The quantitative estimate of drug-likeness (QED) is 0.893. The van der Waals surface area contributed by atoms with E-state index in [0.717, 1.165) is 25.9 Å². The van der Waals surface area contributed by atoms with Crippen LogP contribution in [-0.4, -0.2) is 40.9 Å². The average Bonchev–Trinajstić information content (AvgIpc) is 3.06. The summed E-state index contributed by atoms with van der Waals surface area (Å²) in [6.45, 7) is 1.94. The summed E-state index contributed by atoms with van der Waals surface area (Å²) in [5.41, 5.74) is 0.384. The number of aromatic nitrogens is 3. The molecule has 0 aromatic carbocycles. The molecule has 1 saturated heterocycles. The number of amides is 1. The topological polar surface area (TPSA) is 81.1 Å². The van der Waals surface area contributed by atoms with Crippen molar-refractivity contribution in [1.82, 2.24) is 20.1 Å². The van der Waals surface area contributed by atoms with Crippen molar-refractivity contribution in [3.63, 3.8) is 0 Å². The molecule has 2 N–H and O–H groups in total. The molecule has 22 heavy (non-hydrogen) atoms. The minimum atomic E-state index is -0.275. The number of rotatable bonds is 4. The molecular weight excluding hydrogens is 282 g/mol. The molecule has 0 aliphatic carbocycles. The third kappa shape index (κ3) is 3.25. The van der Waals surface area contributed by atoms with Gasteiger partial charge in [0.05, 0.1) is 13.2 Å². The van der Waals surface area contributed by atoms with Gasteiger partial charge in [-0.05, 0) is 31.5 Å². The van der Waals surface area contributed by atoms with E-state index in [-0.39, 0.29) is 5.91 Å². The first kappa shape index (κ1) is 14.5. The van der Waals surface area contributed by atoms with Gasteiger partial charge < -0.3 is 15.4 Å². The van der Waals surface area contributed by atoms with E-state index >= 15 is 0 Å². The maximum atomic E-state index is 12.2. The fourth-order valence-electron chi connectivity index (χ4n) is 2.51. The van der Waals surface area contributed by atoms with Crippen LogP contribution in [0, 0.1) is 0 Å². The molecule has 0 saturated carbocycles. The van der Waals surface area contributed by atoms with E-state index in [1.54, 1.807) is 31.5 Å². The molecule has 1 unspecified atom stereocenters. The molecule has 2 aromatic rings. The first-order valence-electron chi connectivity index (χ1n) is 7.33. The SMILES string of the molecule is COc1ccnc(NC(=O)c2ccn(C3CCCNC3)n2)c1. The molecule has 1 aliphatic rings. The molecule has 0 radical (unpaired) electrons. The molecule has 7 heteroatoms. The van der Waals surface area contributed by atoms with E-state index in [1.165, 1.54) is 0 Å². The third-order valence-electron chi connectivity index (χ3n) is 3.69. The molecule has 3 rings (SSSR count). The highest BCUT2D eigenvalue weighted by Crippen LogP contribution is 2.17. The van der Waals surface area contributed by atoms with Crippen LogP contribution < -0.4 is 15.4 Å². The van der Waals surface area contributed by atoms with E-state index in [2.05, 4.69) is 20.7 Å². The van der Waals surface area contributed by atoms with Gasteiger partial charge in [0.15, 0.2) is 5.69 Å². The molecular formula is C15H19N5O2. The Bertz CT molecular complexity index is 649. The van der Waals surface area contributed by atoms with Gasteiger partial charge in [0.25, 0.3) is 5.91 Å². The normalized spacial score (nSPS) is 18.0. The summed E-state index contributed by atoms with van der Waals surface area (Å²) in [6.07, 6.45) is 5.64. The number of hydrogen-bond acceptors (Lipinski definition) is 5. The lowest BCUT2D eigenvalue weighted by atomic mass is 10.1. The standard InChI is InChI=1S/C15H19N5O2/c1-22-12-4-7-17-14(9-12)18-15(21)13-5-8-20(19-13)11-3-2-6-16-10-11/h4-5,7-9,11,16H,2-3,6,10H2,1H3,(H,17,18,21). The van der Waals surface area contributed by atoms with E-state index < -0.39 is 0 Å². The van der Waals surface area contributed by atoms with Crippen molar-refractivity contribution >= 4 is 11.7 Å². The second kappa shape index (κ2) is 6.57. The van der Waals surface area contributed by atoms with Crippen molar-refractivity contribution in [2.75, 3.05) is 25.5 Å². The molecule has 1 fully saturated rings. The summed E-state index contributed by atoms with van der Waals surface area (Å²) < 4.78 is 6.97. The van der Waals surface area contributed by atoms with Gasteiger partial charge in [0.1, 0.15) is 11.6 Å². The van der Waals surface area contributed by atoms with Gasteiger partial charge in [-0.3, -0.25) is 9.48 Å². The third-order valence-corrected chi connectivity index (χ3v) is 3.69. The summed E-state index contributed by atoms with van der Waals surface area (Å²) in [5.74, 6) is 0.811. The number of nitrogens with one attached hydrogen (secondary N) is 2. The minimum Gasteiger partial charge on any atom is -0.497 e. The molecule has 116 valence electrons. The Kier molecular flexibility index (Phi) is 4.34. The Labute approximate surface area is 128 Å². The number of nitrogens with zero attached hydrogens (tertiary/aromatic N) is 3. The monoisotopic (exact) mass is 301 g/mol. The Morgan fingerprint density at radius 3 is 3.18 bits per heavy atom. The highest BCUT2D eigenvalue weighted by atomic mass is 16.5. The van der Waals surface area contributed by atoms with Gasteiger partial charge >= 0.3 is 0 Å². The molecule has 2 aromatic heterocycles. The number of carbonyl (C=O) groups excluding carboxylic acids is 1. The summed E-state index contributed by atoms with van der Waals surface area (Å²) in [4.78, 5) is 16.3. The minimum absolute atomic E-state index is 0.275. The number of hydrogen-bond donors (Lipinski definition) is 2. The lowest BCUT2D eigenvalue weighted by Gasteiger charge is -2.22. The Balaban J connectivity index is 1.68. The molecule has 7 nitrogen and oxygen atoms in total. The van der Waals surface area contributed by atoms with Crippen molar-refractivity contribution in [3.8, 4) is 5.75 Å². The van der Waals surface area contributed by atoms with Crippen molar-refractivity contribution in [3.05, 3.63) is 36.3 Å². The zero-order valence-electron chi connectivity index (χ0n) is 12.5. The molecule has 3 heterocycles. The van der Waals surface area contributed by atoms with Crippen LogP contribution in [0.4, 0.5) is 5.82 Å². The van der Waals surface area contributed by atoms with E-state index in [0.29, 0.717) is 23.3 Å². The van der Waals surface area contributed by atoms with Crippen LogP contribution in [0.3, 0.4) is 0 Å². The van der Waals surface area contributed by atoms with E-state index in [4.69, 9.17) is 4.74 Å². The number of pyridine rings is 1. The summed E-state index contributed by atoms with van der Waals surface area (Å²) in [5, 5.41) is 10.4. The summed E-state index contributed by atoms with van der Waals surface area (Å²) in [6, 6.07) is 5.43. The van der Waals surface area contributed by atoms with E-state index in [1.807, 2.05) is 10.9 Å². The highest BCUT2D eigenvalue weighted by Gasteiger charge is 2.18. The fraction of sp³-hybridized carbons (Fsp3) is 0.400. The second-order valence-corrected chi connectivity index (χ2v) is 5.22. The zero-order valence-corrected chi connectivity index (χ0v) is 12.5. The first-order chi connectivity index (χ1) is 10.8. The maximum absolute atomic E-state index is 12.2. The van der Waals surface area contributed by atoms with Crippen LogP contribution in [-0.2, 0) is 0 Å². The van der Waals surface area contributed by atoms with Crippen LogP contribution in [0.15, 0.2) is 30.6 Å². The van der Waals surface area contributed by atoms with Crippen molar-refractivity contribution in [2.45, 2.75) is 18.9 Å². The van der Waals surface area contributed by atoms with E-state index in [9.17, 15) is 4.79 Å². The lowest BCUT2D eigenvalue weighted by Crippen LogP contribution is -2.32.